The highest BCUT2D eigenvalue weighted by Crippen LogP contribution is 2.19. The van der Waals surface area contributed by atoms with Crippen LogP contribution in [-0.4, -0.2) is 26.1 Å². The Balaban J connectivity index is 2.46. The number of hydrogen-bond donors (Lipinski definition) is 1. The zero-order valence-electron chi connectivity index (χ0n) is 7.76. The normalized spacial score (nSPS) is 10.4. The van der Waals surface area contributed by atoms with E-state index in [1.165, 1.54) is 12.1 Å². The highest BCUT2D eigenvalue weighted by Gasteiger charge is 2.11. The van der Waals surface area contributed by atoms with Crippen molar-refractivity contribution < 1.29 is 14.3 Å². The summed E-state index contributed by atoms with van der Waals surface area (Å²) in [6.07, 6.45) is 1.09. The van der Waals surface area contributed by atoms with Gasteiger partial charge in [-0.25, -0.2) is 9.18 Å². The first kappa shape index (κ1) is 10.6. The van der Waals surface area contributed by atoms with Crippen LogP contribution >= 0.6 is 11.6 Å². The van der Waals surface area contributed by atoms with E-state index in [2.05, 4.69) is 10.2 Å². The van der Waals surface area contributed by atoms with Crippen LogP contribution in [0.2, 0.25) is 5.02 Å². The molecule has 0 radical (unpaired) electrons. The molecule has 0 amide bonds. The van der Waals surface area contributed by atoms with E-state index >= 15 is 0 Å². The molecule has 0 spiro atoms. The van der Waals surface area contributed by atoms with Gasteiger partial charge in [-0.15, -0.1) is 9.90 Å². The van der Waals surface area contributed by atoms with Gasteiger partial charge in [0.1, 0.15) is 11.5 Å². The molecule has 0 aliphatic carbocycles. The molecule has 0 atom stereocenters. The summed E-state index contributed by atoms with van der Waals surface area (Å²) in [6, 6.07) is 3.65. The van der Waals surface area contributed by atoms with Gasteiger partial charge < -0.3 is 5.11 Å². The summed E-state index contributed by atoms with van der Waals surface area (Å²) in [5.74, 6) is -1.68. The van der Waals surface area contributed by atoms with E-state index in [9.17, 15) is 9.18 Å². The minimum absolute atomic E-state index is 0.104. The maximum atomic E-state index is 12.8. The third-order valence-corrected chi connectivity index (χ3v) is 2.14. The molecule has 0 aliphatic heterocycles. The zero-order valence-corrected chi connectivity index (χ0v) is 8.52. The lowest BCUT2D eigenvalue weighted by Crippen LogP contribution is -2.03. The zero-order chi connectivity index (χ0) is 11.7. The van der Waals surface area contributed by atoms with Gasteiger partial charge in [0.2, 0.25) is 0 Å². The number of benzene rings is 1. The third kappa shape index (κ3) is 1.87. The van der Waals surface area contributed by atoms with Gasteiger partial charge in [-0.3, -0.25) is 0 Å². The van der Waals surface area contributed by atoms with Crippen LogP contribution in [0.25, 0.3) is 5.69 Å². The van der Waals surface area contributed by atoms with Gasteiger partial charge in [0.25, 0.3) is 0 Å². The SMILES string of the molecule is O=C(O)c1cnn(-c2ccc(F)cc2Cl)n1. The lowest BCUT2D eigenvalue weighted by molar-refractivity contribution is 0.0690. The van der Waals surface area contributed by atoms with Gasteiger partial charge in [-0.1, -0.05) is 11.6 Å². The Bertz CT molecular complexity index is 555. The number of nitrogens with zero attached hydrogens (tertiary/aromatic N) is 3. The summed E-state index contributed by atoms with van der Waals surface area (Å²) in [5, 5.41) is 16.1. The molecule has 0 unspecified atom stereocenters. The molecule has 1 heterocycles. The molecule has 0 saturated carbocycles. The van der Waals surface area contributed by atoms with E-state index in [0.29, 0.717) is 5.69 Å². The van der Waals surface area contributed by atoms with Crippen molar-refractivity contribution >= 4 is 17.6 Å². The minimum atomic E-state index is -1.19. The van der Waals surface area contributed by atoms with Gasteiger partial charge in [0.05, 0.1) is 11.2 Å². The van der Waals surface area contributed by atoms with Crippen LogP contribution < -0.4 is 0 Å². The average molecular weight is 242 g/mol. The van der Waals surface area contributed by atoms with Gasteiger partial charge in [-0.2, -0.15) is 5.10 Å². The maximum Gasteiger partial charge on any atom is 0.358 e. The number of hydrogen-bond acceptors (Lipinski definition) is 3. The minimum Gasteiger partial charge on any atom is -0.476 e. The molecule has 5 nitrogen and oxygen atoms in total. The number of rotatable bonds is 2. The van der Waals surface area contributed by atoms with Gasteiger partial charge >= 0.3 is 5.97 Å². The van der Waals surface area contributed by atoms with Crippen LogP contribution in [-0.2, 0) is 0 Å². The molecule has 0 saturated heterocycles. The Morgan fingerprint density at radius 3 is 2.81 bits per heavy atom. The molecule has 82 valence electrons. The van der Waals surface area contributed by atoms with E-state index in [4.69, 9.17) is 16.7 Å². The highest BCUT2D eigenvalue weighted by molar-refractivity contribution is 6.32. The van der Waals surface area contributed by atoms with Crippen LogP contribution in [0, 0.1) is 5.82 Å². The molecule has 1 aromatic heterocycles. The first-order valence-corrected chi connectivity index (χ1v) is 4.57. The molecule has 0 bridgehead atoms. The topological polar surface area (TPSA) is 68.0 Å². The monoisotopic (exact) mass is 241 g/mol. The Morgan fingerprint density at radius 2 is 2.25 bits per heavy atom. The molecule has 0 aliphatic rings. The van der Waals surface area contributed by atoms with Gasteiger partial charge in [0, 0.05) is 0 Å². The Morgan fingerprint density at radius 1 is 1.50 bits per heavy atom. The van der Waals surface area contributed by atoms with Crippen molar-refractivity contribution in [1.29, 1.82) is 0 Å². The molecule has 1 N–H and O–H groups in total. The number of carbonyl (C=O) groups is 1. The fraction of sp³-hybridized carbons (Fsp3) is 0. The lowest BCUT2D eigenvalue weighted by atomic mass is 10.3. The fourth-order valence-corrected chi connectivity index (χ4v) is 1.36. The van der Waals surface area contributed by atoms with E-state index < -0.39 is 11.8 Å². The van der Waals surface area contributed by atoms with E-state index in [-0.39, 0.29) is 10.7 Å². The van der Waals surface area contributed by atoms with Crippen LogP contribution in [0.3, 0.4) is 0 Å². The number of aromatic nitrogens is 3. The van der Waals surface area contributed by atoms with E-state index in [0.717, 1.165) is 17.1 Å². The predicted octanol–water partition coefficient (Wildman–Crippen LogP) is 1.76. The number of halogens is 2. The van der Waals surface area contributed by atoms with Crippen molar-refractivity contribution in [2.45, 2.75) is 0 Å². The molecular weight excluding hydrogens is 237 g/mol. The lowest BCUT2D eigenvalue weighted by Gasteiger charge is -2.01. The van der Waals surface area contributed by atoms with Crippen molar-refractivity contribution in [3.63, 3.8) is 0 Å². The standard InChI is InChI=1S/C9H5ClFN3O2/c10-6-3-5(11)1-2-8(6)14-12-4-7(13-14)9(15)16/h1-4H,(H,15,16). The Hall–Kier alpha value is -1.95. The van der Waals surface area contributed by atoms with Crippen LogP contribution in [0.4, 0.5) is 4.39 Å². The largest absolute Gasteiger partial charge is 0.476 e. The number of carboxylic acids is 1. The smallest absolute Gasteiger partial charge is 0.358 e. The summed E-state index contributed by atoms with van der Waals surface area (Å²) in [7, 11) is 0. The quantitative estimate of drug-likeness (QED) is 0.870. The second-order valence-corrected chi connectivity index (χ2v) is 3.33. The molecular formula is C9H5ClFN3O2. The summed E-state index contributed by atoms with van der Waals surface area (Å²) in [4.78, 5) is 11.6. The van der Waals surface area contributed by atoms with Crippen LogP contribution in [0.5, 0.6) is 0 Å². The third-order valence-electron chi connectivity index (χ3n) is 1.84. The summed E-state index contributed by atoms with van der Waals surface area (Å²) in [5.41, 5.74) is 0.107. The second kappa shape index (κ2) is 3.90. The fourth-order valence-electron chi connectivity index (χ4n) is 1.12. The maximum absolute atomic E-state index is 12.8. The molecule has 16 heavy (non-hydrogen) atoms. The van der Waals surface area contributed by atoms with Crippen LogP contribution in [0.15, 0.2) is 24.4 Å². The molecule has 0 fully saturated rings. The van der Waals surface area contributed by atoms with E-state index in [1.807, 2.05) is 0 Å². The molecule has 2 aromatic rings. The van der Waals surface area contributed by atoms with Crippen molar-refractivity contribution in [3.05, 3.63) is 40.9 Å². The Kier molecular flexibility index (Phi) is 2.57. The van der Waals surface area contributed by atoms with Crippen LogP contribution in [0.1, 0.15) is 10.5 Å². The Labute approximate surface area is 94.1 Å². The molecule has 1 aromatic carbocycles. The second-order valence-electron chi connectivity index (χ2n) is 2.92. The van der Waals surface area contributed by atoms with Crippen molar-refractivity contribution in [2.75, 3.05) is 0 Å². The molecule has 7 heteroatoms. The number of aromatic carboxylic acids is 1. The molecule has 2 rings (SSSR count). The highest BCUT2D eigenvalue weighted by atomic mass is 35.5. The van der Waals surface area contributed by atoms with Crippen molar-refractivity contribution in [2.24, 2.45) is 0 Å². The average Bonchev–Trinajstić information content (AvgIpc) is 2.66. The first-order chi connectivity index (χ1) is 7.58. The first-order valence-electron chi connectivity index (χ1n) is 4.19. The predicted molar refractivity (Wildman–Crippen MR) is 53.3 cm³/mol. The summed E-state index contributed by atoms with van der Waals surface area (Å²) >= 11 is 5.76. The van der Waals surface area contributed by atoms with Crippen molar-refractivity contribution in [3.8, 4) is 5.69 Å². The summed E-state index contributed by atoms with van der Waals surface area (Å²) in [6.45, 7) is 0. The van der Waals surface area contributed by atoms with Crippen molar-refractivity contribution in [1.82, 2.24) is 15.0 Å². The number of carboxylic acid groups (broad SMARTS) is 1. The van der Waals surface area contributed by atoms with Gasteiger partial charge in [-0.05, 0) is 18.2 Å². The van der Waals surface area contributed by atoms with Gasteiger partial charge in [0.15, 0.2) is 5.69 Å². The van der Waals surface area contributed by atoms with E-state index in [1.54, 1.807) is 0 Å². The summed E-state index contributed by atoms with van der Waals surface area (Å²) < 4.78 is 12.8.